The Morgan fingerprint density at radius 1 is 1.23 bits per heavy atom. The van der Waals surface area contributed by atoms with Crippen LogP contribution in [0.5, 0.6) is 0 Å². The number of aryl methyl sites for hydroxylation is 2. The molecular formula is C17H17N3O2. The van der Waals surface area contributed by atoms with Crippen molar-refractivity contribution in [2.75, 3.05) is 0 Å². The van der Waals surface area contributed by atoms with E-state index in [0.29, 0.717) is 18.0 Å². The van der Waals surface area contributed by atoms with Gasteiger partial charge in [0, 0.05) is 6.20 Å². The predicted molar refractivity (Wildman–Crippen MR) is 83.4 cm³/mol. The molecule has 22 heavy (non-hydrogen) atoms. The summed E-state index contributed by atoms with van der Waals surface area (Å²) in [6, 6.07) is 13.5. The van der Waals surface area contributed by atoms with Gasteiger partial charge in [-0.05, 0) is 37.1 Å². The molecule has 1 aromatic carbocycles. The van der Waals surface area contributed by atoms with Crippen molar-refractivity contribution in [2.45, 2.75) is 20.5 Å². The maximum absolute atomic E-state index is 12.3. The lowest BCUT2D eigenvalue weighted by atomic mass is 10.2. The van der Waals surface area contributed by atoms with Crippen molar-refractivity contribution in [3.63, 3.8) is 0 Å². The quantitative estimate of drug-likeness (QED) is 0.753. The van der Waals surface area contributed by atoms with Crippen molar-refractivity contribution in [2.24, 2.45) is 0 Å². The normalized spacial score (nSPS) is 10.8. The maximum Gasteiger partial charge on any atom is 0.293 e. The van der Waals surface area contributed by atoms with Crippen LogP contribution in [-0.4, -0.2) is 15.3 Å². The molecule has 3 aromatic rings. The first-order valence-corrected chi connectivity index (χ1v) is 7.06. The van der Waals surface area contributed by atoms with Crippen molar-refractivity contribution in [1.29, 1.82) is 0 Å². The number of carbonyl (C=O) groups is 1. The standard InChI is InChI=1S/C17H17N3O2/c1-12-8-9-20-15(10-12)18-13(2)16(20)17(21)19-22-11-14-6-4-3-5-7-14/h3-10H,11H2,1-2H3,(H,19,21). The van der Waals surface area contributed by atoms with Crippen molar-refractivity contribution in [3.8, 4) is 0 Å². The van der Waals surface area contributed by atoms with Gasteiger partial charge in [0.1, 0.15) is 11.3 Å². The van der Waals surface area contributed by atoms with Crippen molar-refractivity contribution < 1.29 is 9.63 Å². The van der Waals surface area contributed by atoms with Gasteiger partial charge < -0.3 is 0 Å². The average molecular weight is 295 g/mol. The van der Waals surface area contributed by atoms with Crippen LogP contribution in [0.3, 0.4) is 0 Å². The van der Waals surface area contributed by atoms with Crippen LogP contribution in [0.15, 0.2) is 48.7 Å². The Kier molecular flexibility index (Phi) is 3.89. The zero-order valence-electron chi connectivity index (χ0n) is 12.5. The molecule has 0 atom stereocenters. The second-order valence-corrected chi connectivity index (χ2v) is 5.18. The van der Waals surface area contributed by atoms with Crippen LogP contribution in [0.1, 0.15) is 27.3 Å². The molecule has 3 rings (SSSR count). The summed E-state index contributed by atoms with van der Waals surface area (Å²) in [6.45, 7) is 4.13. The third-order valence-corrected chi connectivity index (χ3v) is 3.42. The largest absolute Gasteiger partial charge is 0.295 e. The summed E-state index contributed by atoms with van der Waals surface area (Å²) < 4.78 is 1.77. The molecule has 1 amide bonds. The molecule has 2 aromatic heterocycles. The second kappa shape index (κ2) is 5.99. The van der Waals surface area contributed by atoms with E-state index in [0.717, 1.165) is 16.8 Å². The van der Waals surface area contributed by atoms with Gasteiger partial charge in [0.05, 0.1) is 12.3 Å². The van der Waals surface area contributed by atoms with Gasteiger partial charge >= 0.3 is 0 Å². The molecule has 112 valence electrons. The Labute approximate surface area is 128 Å². The van der Waals surface area contributed by atoms with Gasteiger partial charge in [0.2, 0.25) is 0 Å². The number of hydroxylamine groups is 1. The lowest BCUT2D eigenvalue weighted by molar-refractivity contribution is 0.0228. The molecule has 0 spiro atoms. The Hall–Kier alpha value is -2.66. The van der Waals surface area contributed by atoms with E-state index < -0.39 is 0 Å². The third-order valence-electron chi connectivity index (χ3n) is 3.42. The zero-order valence-corrected chi connectivity index (χ0v) is 12.5. The van der Waals surface area contributed by atoms with Gasteiger partial charge in [0.25, 0.3) is 5.91 Å². The zero-order chi connectivity index (χ0) is 15.5. The molecule has 2 heterocycles. The number of imidazole rings is 1. The molecule has 0 bridgehead atoms. The summed E-state index contributed by atoms with van der Waals surface area (Å²) in [5.41, 5.74) is 6.49. The fourth-order valence-electron chi connectivity index (χ4n) is 2.35. The monoisotopic (exact) mass is 295 g/mol. The molecule has 0 fully saturated rings. The minimum absolute atomic E-state index is 0.301. The fourth-order valence-corrected chi connectivity index (χ4v) is 2.35. The molecule has 0 radical (unpaired) electrons. The van der Waals surface area contributed by atoms with E-state index in [2.05, 4.69) is 10.5 Å². The van der Waals surface area contributed by atoms with Gasteiger partial charge in [-0.3, -0.25) is 14.0 Å². The van der Waals surface area contributed by atoms with Crippen molar-refractivity contribution in [1.82, 2.24) is 14.9 Å². The topological polar surface area (TPSA) is 55.6 Å². The lowest BCUT2D eigenvalue weighted by Gasteiger charge is -2.07. The van der Waals surface area contributed by atoms with Crippen molar-refractivity contribution >= 4 is 11.6 Å². The van der Waals surface area contributed by atoms with Gasteiger partial charge in [-0.25, -0.2) is 10.5 Å². The number of benzene rings is 1. The summed E-state index contributed by atoms with van der Waals surface area (Å²) in [4.78, 5) is 22.0. The Bertz CT molecular complexity index is 809. The van der Waals surface area contributed by atoms with Crippen LogP contribution < -0.4 is 5.48 Å². The molecule has 0 unspecified atom stereocenters. The second-order valence-electron chi connectivity index (χ2n) is 5.18. The van der Waals surface area contributed by atoms with E-state index in [1.165, 1.54) is 0 Å². The van der Waals surface area contributed by atoms with E-state index in [-0.39, 0.29) is 5.91 Å². The van der Waals surface area contributed by atoms with E-state index in [9.17, 15) is 4.79 Å². The predicted octanol–water partition coefficient (Wildman–Crippen LogP) is 2.81. The Balaban J connectivity index is 1.74. The van der Waals surface area contributed by atoms with Crippen LogP contribution >= 0.6 is 0 Å². The number of nitrogens with zero attached hydrogens (tertiary/aromatic N) is 2. The molecule has 0 aliphatic heterocycles. The summed E-state index contributed by atoms with van der Waals surface area (Å²) in [5.74, 6) is -0.301. The average Bonchev–Trinajstić information content (AvgIpc) is 2.83. The number of pyridine rings is 1. The molecule has 1 N–H and O–H groups in total. The molecule has 0 aliphatic rings. The number of amides is 1. The van der Waals surface area contributed by atoms with Gasteiger partial charge in [-0.2, -0.15) is 0 Å². The SMILES string of the molecule is Cc1ccn2c(C(=O)NOCc3ccccc3)c(C)nc2c1. The lowest BCUT2D eigenvalue weighted by Crippen LogP contribution is -2.25. The molecule has 5 heteroatoms. The molecule has 0 saturated heterocycles. The molecule has 0 saturated carbocycles. The summed E-state index contributed by atoms with van der Waals surface area (Å²) >= 11 is 0. The highest BCUT2D eigenvalue weighted by Crippen LogP contribution is 2.13. The van der Waals surface area contributed by atoms with Gasteiger partial charge in [0.15, 0.2) is 0 Å². The Morgan fingerprint density at radius 3 is 2.77 bits per heavy atom. The highest BCUT2D eigenvalue weighted by molar-refractivity contribution is 5.93. The number of nitrogens with one attached hydrogen (secondary N) is 1. The number of carbonyl (C=O) groups excluding carboxylic acids is 1. The summed E-state index contributed by atoms with van der Waals surface area (Å²) in [6.07, 6.45) is 1.84. The van der Waals surface area contributed by atoms with E-state index >= 15 is 0 Å². The minimum atomic E-state index is -0.301. The van der Waals surface area contributed by atoms with E-state index in [1.54, 1.807) is 4.40 Å². The highest BCUT2D eigenvalue weighted by Gasteiger charge is 2.16. The summed E-state index contributed by atoms with van der Waals surface area (Å²) in [7, 11) is 0. The molecule has 0 aliphatic carbocycles. The first-order chi connectivity index (χ1) is 10.6. The minimum Gasteiger partial charge on any atom is -0.295 e. The van der Waals surface area contributed by atoms with E-state index in [4.69, 9.17) is 4.84 Å². The number of fused-ring (bicyclic) bond motifs is 1. The highest BCUT2D eigenvalue weighted by atomic mass is 16.6. The molecule has 5 nitrogen and oxygen atoms in total. The number of hydrogen-bond acceptors (Lipinski definition) is 3. The summed E-state index contributed by atoms with van der Waals surface area (Å²) in [5, 5.41) is 0. The smallest absolute Gasteiger partial charge is 0.293 e. The first-order valence-electron chi connectivity index (χ1n) is 7.06. The van der Waals surface area contributed by atoms with Crippen LogP contribution in [0.25, 0.3) is 5.65 Å². The fraction of sp³-hybridized carbons (Fsp3) is 0.176. The number of hydrogen-bond donors (Lipinski definition) is 1. The van der Waals surface area contributed by atoms with Crippen LogP contribution in [0.2, 0.25) is 0 Å². The molecular weight excluding hydrogens is 278 g/mol. The third kappa shape index (κ3) is 2.84. The number of aromatic nitrogens is 2. The van der Waals surface area contributed by atoms with E-state index in [1.807, 2.05) is 62.5 Å². The number of rotatable bonds is 4. The van der Waals surface area contributed by atoms with Crippen LogP contribution in [0, 0.1) is 13.8 Å². The van der Waals surface area contributed by atoms with Crippen LogP contribution in [-0.2, 0) is 11.4 Å². The Morgan fingerprint density at radius 2 is 2.00 bits per heavy atom. The first kappa shape index (κ1) is 14.3. The van der Waals surface area contributed by atoms with Gasteiger partial charge in [-0.15, -0.1) is 0 Å². The maximum atomic E-state index is 12.3. The van der Waals surface area contributed by atoms with Crippen molar-refractivity contribution in [3.05, 3.63) is 71.2 Å². The van der Waals surface area contributed by atoms with Crippen LogP contribution in [0.4, 0.5) is 0 Å². The van der Waals surface area contributed by atoms with Gasteiger partial charge in [-0.1, -0.05) is 30.3 Å².